The second-order valence-electron chi connectivity index (χ2n) is 5.12. The van der Waals surface area contributed by atoms with Gasteiger partial charge in [0.1, 0.15) is 11.9 Å². The molecule has 0 fully saturated rings. The number of hydrogen-bond acceptors (Lipinski definition) is 3. The molecule has 0 saturated heterocycles. The van der Waals surface area contributed by atoms with E-state index in [2.05, 4.69) is 0 Å². The molecule has 0 aliphatic carbocycles. The normalized spacial score (nSPS) is 14.3. The van der Waals surface area contributed by atoms with Gasteiger partial charge >= 0.3 is 0 Å². The fraction of sp³-hybridized carbons (Fsp3) is 0.250. The van der Waals surface area contributed by atoms with Crippen LogP contribution in [0.1, 0.15) is 28.4 Å². The van der Waals surface area contributed by atoms with Gasteiger partial charge in [-0.25, -0.2) is 4.39 Å². The van der Waals surface area contributed by atoms with E-state index in [-0.39, 0.29) is 12.4 Å². The highest BCUT2D eigenvalue weighted by Crippen LogP contribution is 2.42. The number of benzene rings is 2. The van der Waals surface area contributed by atoms with Crippen LogP contribution in [0, 0.1) is 19.7 Å². The van der Waals surface area contributed by atoms with Gasteiger partial charge in [0.25, 0.3) is 0 Å². The predicted molar refractivity (Wildman–Crippen MR) is 77.5 cm³/mol. The van der Waals surface area contributed by atoms with E-state index in [0.29, 0.717) is 27.6 Å². The van der Waals surface area contributed by atoms with Gasteiger partial charge in [-0.3, -0.25) is 0 Å². The molecule has 0 aromatic heterocycles. The Labute approximate surface area is 126 Å². The van der Waals surface area contributed by atoms with E-state index in [1.54, 1.807) is 19.1 Å². The second-order valence-corrected chi connectivity index (χ2v) is 5.52. The summed E-state index contributed by atoms with van der Waals surface area (Å²) >= 11 is 6.10. The summed E-state index contributed by atoms with van der Waals surface area (Å²) in [5.74, 6) is 0.476. The number of hydrogen-bond donors (Lipinski definition) is 1. The largest absolute Gasteiger partial charge is 0.454 e. The molecule has 0 amide bonds. The van der Waals surface area contributed by atoms with E-state index in [1.165, 1.54) is 6.07 Å². The minimum absolute atomic E-state index is 0.0898. The Balaban J connectivity index is 2.07. The molecular weight excluding hydrogens is 295 g/mol. The van der Waals surface area contributed by atoms with Crippen LogP contribution >= 0.6 is 11.6 Å². The first-order valence-electron chi connectivity index (χ1n) is 6.51. The van der Waals surface area contributed by atoms with Crippen LogP contribution in [-0.2, 0) is 0 Å². The van der Waals surface area contributed by atoms with E-state index >= 15 is 0 Å². The molecule has 3 nitrogen and oxygen atoms in total. The van der Waals surface area contributed by atoms with Crippen LogP contribution in [-0.4, -0.2) is 11.9 Å². The van der Waals surface area contributed by atoms with Gasteiger partial charge in [-0.2, -0.15) is 0 Å². The highest BCUT2D eigenvalue weighted by atomic mass is 35.5. The van der Waals surface area contributed by atoms with Crippen molar-refractivity contribution in [2.24, 2.45) is 0 Å². The minimum atomic E-state index is -1.11. The quantitative estimate of drug-likeness (QED) is 0.914. The molecule has 1 aliphatic rings. The molecule has 110 valence electrons. The number of halogens is 2. The van der Waals surface area contributed by atoms with Crippen molar-refractivity contribution in [1.29, 1.82) is 0 Å². The Bertz CT molecular complexity index is 692. The van der Waals surface area contributed by atoms with Gasteiger partial charge in [0.05, 0.1) is 5.02 Å². The van der Waals surface area contributed by atoms with Crippen LogP contribution < -0.4 is 9.47 Å². The summed E-state index contributed by atoms with van der Waals surface area (Å²) in [7, 11) is 0. The zero-order valence-corrected chi connectivity index (χ0v) is 12.4. The average molecular weight is 309 g/mol. The molecule has 0 radical (unpaired) electrons. The zero-order chi connectivity index (χ0) is 15.1. The molecule has 2 aromatic rings. The first-order valence-corrected chi connectivity index (χ1v) is 6.89. The van der Waals surface area contributed by atoms with E-state index < -0.39 is 11.9 Å². The zero-order valence-electron chi connectivity index (χ0n) is 11.6. The number of ether oxygens (including phenoxy) is 2. The molecule has 1 heterocycles. The molecule has 0 bridgehead atoms. The van der Waals surface area contributed by atoms with Crippen molar-refractivity contribution >= 4 is 11.6 Å². The summed E-state index contributed by atoms with van der Waals surface area (Å²) in [5.41, 5.74) is 2.21. The first-order chi connectivity index (χ1) is 9.97. The number of rotatable bonds is 2. The SMILES string of the molecule is Cc1cc(C)c(C(O)c2cc(Cl)c3c(c2)OCO3)c(F)c1. The summed E-state index contributed by atoms with van der Waals surface area (Å²) < 4.78 is 24.7. The van der Waals surface area contributed by atoms with Crippen molar-refractivity contribution in [1.82, 2.24) is 0 Å². The van der Waals surface area contributed by atoms with Crippen LogP contribution in [0.5, 0.6) is 11.5 Å². The smallest absolute Gasteiger partial charge is 0.231 e. The van der Waals surface area contributed by atoms with Gasteiger partial charge in [-0.1, -0.05) is 17.7 Å². The summed E-state index contributed by atoms with van der Waals surface area (Å²) in [4.78, 5) is 0. The lowest BCUT2D eigenvalue weighted by Crippen LogP contribution is -2.06. The molecule has 1 aliphatic heterocycles. The second kappa shape index (κ2) is 5.20. The van der Waals surface area contributed by atoms with Gasteiger partial charge in [0, 0.05) is 5.56 Å². The van der Waals surface area contributed by atoms with E-state index in [4.69, 9.17) is 21.1 Å². The van der Waals surface area contributed by atoms with Crippen LogP contribution in [0.15, 0.2) is 24.3 Å². The molecule has 21 heavy (non-hydrogen) atoms. The van der Waals surface area contributed by atoms with Gasteiger partial charge in [0.2, 0.25) is 6.79 Å². The molecule has 1 unspecified atom stereocenters. The molecule has 0 spiro atoms. The van der Waals surface area contributed by atoms with Crippen molar-refractivity contribution in [2.45, 2.75) is 20.0 Å². The Morgan fingerprint density at radius 3 is 2.67 bits per heavy atom. The molecule has 2 aromatic carbocycles. The number of aryl methyl sites for hydroxylation is 2. The number of fused-ring (bicyclic) bond motifs is 1. The third kappa shape index (κ3) is 2.45. The minimum Gasteiger partial charge on any atom is -0.454 e. The highest BCUT2D eigenvalue weighted by molar-refractivity contribution is 6.32. The fourth-order valence-corrected chi connectivity index (χ4v) is 2.86. The molecule has 1 N–H and O–H groups in total. The summed E-state index contributed by atoms with van der Waals surface area (Å²) in [5, 5.41) is 10.8. The summed E-state index contributed by atoms with van der Waals surface area (Å²) in [6.07, 6.45) is -1.11. The average Bonchev–Trinajstić information content (AvgIpc) is 2.86. The van der Waals surface area contributed by atoms with Gasteiger partial charge < -0.3 is 14.6 Å². The maximum atomic E-state index is 14.2. The maximum Gasteiger partial charge on any atom is 0.231 e. The lowest BCUT2D eigenvalue weighted by molar-refractivity contribution is 0.173. The lowest BCUT2D eigenvalue weighted by atomic mass is 9.95. The number of aliphatic hydroxyl groups excluding tert-OH is 1. The van der Waals surface area contributed by atoms with Crippen molar-refractivity contribution in [3.8, 4) is 11.5 Å². The maximum absolute atomic E-state index is 14.2. The third-order valence-corrected chi connectivity index (χ3v) is 3.80. The number of aliphatic hydroxyl groups is 1. The highest BCUT2D eigenvalue weighted by Gasteiger charge is 2.24. The Kier molecular flexibility index (Phi) is 3.51. The first kappa shape index (κ1) is 14.2. The fourth-order valence-electron chi connectivity index (χ4n) is 2.59. The molecule has 3 rings (SSSR count). The van der Waals surface area contributed by atoms with Crippen molar-refractivity contribution in [3.63, 3.8) is 0 Å². The summed E-state index contributed by atoms with van der Waals surface area (Å²) in [6.45, 7) is 3.67. The van der Waals surface area contributed by atoms with Gasteiger partial charge in [-0.15, -0.1) is 0 Å². The van der Waals surface area contributed by atoms with Crippen molar-refractivity contribution in [3.05, 3.63) is 57.4 Å². The Morgan fingerprint density at radius 1 is 1.19 bits per heavy atom. The molecular formula is C16H14ClFO3. The van der Waals surface area contributed by atoms with Crippen LogP contribution in [0.4, 0.5) is 4.39 Å². The van der Waals surface area contributed by atoms with Crippen molar-refractivity contribution in [2.75, 3.05) is 6.79 Å². The predicted octanol–water partition coefficient (Wildman–Crippen LogP) is 3.91. The van der Waals surface area contributed by atoms with Crippen LogP contribution in [0.2, 0.25) is 5.02 Å². The van der Waals surface area contributed by atoms with E-state index in [1.807, 2.05) is 13.0 Å². The molecule has 1 atom stereocenters. The van der Waals surface area contributed by atoms with Gasteiger partial charge in [0.15, 0.2) is 11.5 Å². The molecule has 5 heteroatoms. The summed E-state index contributed by atoms with van der Waals surface area (Å²) in [6, 6.07) is 6.42. The monoisotopic (exact) mass is 308 g/mol. The topological polar surface area (TPSA) is 38.7 Å². The standard InChI is InChI=1S/C16H14ClFO3/c1-8-3-9(2)14(12(18)4-8)15(19)10-5-11(17)16-13(6-10)20-7-21-16/h3-6,15,19H,7H2,1-2H3. The van der Waals surface area contributed by atoms with E-state index in [0.717, 1.165) is 5.56 Å². The van der Waals surface area contributed by atoms with Gasteiger partial charge in [-0.05, 0) is 48.7 Å². The lowest BCUT2D eigenvalue weighted by Gasteiger charge is -2.17. The Hall–Kier alpha value is -1.78. The van der Waals surface area contributed by atoms with Crippen LogP contribution in [0.3, 0.4) is 0 Å². The van der Waals surface area contributed by atoms with E-state index in [9.17, 15) is 9.50 Å². The third-order valence-electron chi connectivity index (χ3n) is 3.52. The molecule has 0 saturated carbocycles. The Morgan fingerprint density at radius 2 is 1.95 bits per heavy atom. The van der Waals surface area contributed by atoms with Crippen LogP contribution in [0.25, 0.3) is 0 Å². The van der Waals surface area contributed by atoms with Crippen molar-refractivity contribution < 1.29 is 19.0 Å².